The summed E-state index contributed by atoms with van der Waals surface area (Å²) in [6.07, 6.45) is 0.0844. The van der Waals surface area contributed by atoms with Gasteiger partial charge in [-0.1, -0.05) is 11.6 Å². The number of hydrogen-bond acceptors (Lipinski definition) is 4. The molecule has 1 aliphatic heterocycles. The number of benzene rings is 2. The normalized spacial score (nSPS) is 12.8. The zero-order valence-electron chi connectivity index (χ0n) is 13.5. The lowest BCUT2D eigenvalue weighted by molar-refractivity contribution is 0.102. The molecule has 3 rings (SSSR count). The minimum absolute atomic E-state index is 0.0844. The largest absolute Gasteiger partial charge is 0.491 e. The number of hydrogen-bond donors (Lipinski definition) is 1. The van der Waals surface area contributed by atoms with Gasteiger partial charge in [0.15, 0.2) is 11.5 Å². The number of nitrogens with one attached hydrogen (secondary N) is 1. The Morgan fingerprint density at radius 3 is 2.38 bits per heavy atom. The molecule has 126 valence electrons. The van der Waals surface area contributed by atoms with Crippen molar-refractivity contribution in [3.63, 3.8) is 0 Å². The van der Waals surface area contributed by atoms with Crippen molar-refractivity contribution in [2.75, 3.05) is 18.5 Å². The number of ether oxygens (including phenoxy) is 3. The third-order valence-electron chi connectivity index (χ3n) is 3.37. The predicted molar refractivity (Wildman–Crippen MR) is 92.6 cm³/mol. The average Bonchev–Trinajstić information content (AvgIpc) is 2.55. The van der Waals surface area contributed by atoms with Gasteiger partial charge in [-0.2, -0.15) is 0 Å². The van der Waals surface area contributed by atoms with E-state index in [1.807, 2.05) is 13.8 Å². The summed E-state index contributed by atoms with van der Waals surface area (Å²) in [5.41, 5.74) is 0.991. The van der Waals surface area contributed by atoms with Crippen LogP contribution in [0.15, 0.2) is 36.4 Å². The second-order valence-corrected chi connectivity index (χ2v) is 6.03. The van der Waals surface area contributed by atoms with Crippen molar-refractivity contribution < 1.29 is 19.0 Å². The highest BCUT2D eigenvalue weighted by Gasteiger charge is 2.17. The van der Waals surface area contributed by atoms with E-state index in [0.717, 1.165) is 5.75 Å². The third-order valence-corrected chi connectivity index (χ3v) is 3.68. The van der Waals surface area contributed by atoms with E-state index in [0.29, 0.717) is 41.0 Å². The molecule has 0 aliphatic carbocycles. The van der Waals surface area contributed by atoms with Gasteiger partial charge < -0.3 is 19.5 Å². The lowest BCUT2D eigenvalue weighted by Crippen LogP contribution is -2.17. The van der Waals surface area contributed by atoms with Gasteiger partial charge >= 0.3 is 0 Å². The number of halogens is 1. The van der Waals surface area contributed by atoms with Crippen LogP contribution in [0.4, 0.5) is 5.69 Å². The van der Waals surface area contributed by atoms with Crippen molar-refractivity contribution in [3.05, 3.63) is 47.0 Å². The fraction of sp³-hybridized carbons (Fsp3) is 0.278. The van der Waals surface area contributed by atoms with E-state index >= 15 is 0 Å². The van der Waals surface area contributed by atoms with Gasteiger partial charge in [-0.15, -0.1) is 0 Å². The van der Waals surface area contributed by atoms with E-state index in [-0.39, 0.29) is 12.0 Å². The van der Waals surface area contributed by atoms with Crippen LogP contribution in [-0.4, -0.2) is 25.2 Å². The number of anilines is 1. The summed E-state index contributed by atoms with van der Waals surface area (Å²) in [6, 6.07) is 10.3. The molecule has 0 radical (unpaired) electrons. The maximum absolute atomic E-state index is 12.4. The Kier molecular flexibility index (Phi) is 4.81. The van der Waals surface area contributed by atoms with E-state index in [1.165, 1.54) is 0 Å². The summed E-state index contributed by atoms with van der Waals surface area (Å²) < 4.78 is 16.5. The third kappa shape index (κ3) is 3.74. The van der Waals surface area contributed by atoms with Crippen molar-refractivity contribution in [2.24, 2.45) is 0 Å². The van der Waals surface area contributed by atoms with E-state index in [4.69, 9.17) is 25.8 Å². The zero-order valence-corrected chi connectivity index (χ0v) is 14.2. The fourth-order valence-corrected chi connectivity index (χ4v) is 2.51. The summed E-state index contributed by atoms with van der Waals surface area (Å²) >= 11 is 6.20. The molecule has 0 unspecified atom stereocenters. The van der Waals surface area contributed by atoms with Crippen molar-refractivity contribution in [1.29, 1.82) is 0 Å². The number of rotatable bonds is 4. The molecule has 1 heterocycles. The second-order valence-electron chi connectivity index (χ2n) is 5.62. The molecule has 6 heteroatoms. The molecule has 1 N–H and O–H groups in total. The van der Waals surface area contributed by atoms with Crippen LogP contribution >= 0.6 is 11.6 Å². The van der Waals surface area contributed by atoms with E-state index in [9.17, 15) is 4.79 Å². The fourth-order valence-electron chi connectivity index (χ4n) is 2.31. The molecule has 0 aromatic heterocycles. The van der Waals surface area contributed by atoms with Crippen LogP contribution in [-0.2, 0) is 0 Å². The van der Waals surface area contributed by atoms with Crippen LogP contribution in [0.25, 0.3) is 0 Å². The van der Waals surface area contributed by atoms with Gasteiger partial charge in [0.25, 0.3) is 5.91 Å². The Morgan fingerprint density at radius 2 is 1.75 bits per heavy atom. The Balaban J connectivity index is 1.75. The van der Waals surface area contributed by atoms with Gasteiger partial charge in [0, 0.05) is 17.7 Å². The first-order chi connectivity index (χ1) is 11.5. The summed E-state index contributed by atoms with van der Waals surface area (Å²) in [7, 11) is 0. The van der Waals surface area contributed by atoms with Gasteiger partial charge in [-0.05, 0) is 38.1 Å². The Hall–Kier alpha value is -2.40. The maximum atomic E-state index is 12.4. The first kappa shape index (κ1) is 16.5. The van der Waals surface area contributed by atoms with Gasteiger partial charge in [-0.3, -0.25) is 4.79 Å². The maximum Gasteiger partial charge on any atom is 0.255 e. The summed E-state index contributed by atoms with van der Waals surface area (Å²) in [5.74, 6) is 1.62. The van der Waals surface area contributed by atoms with Crippen molar-refractivity contribution in [3.8, 4) is 17.2 Å². The quantitative estimate of drug-likeness (QED) is 0.902. The van der Waals surface area contributed by atoms with Crippen molar-refractivity contribution in [1.82, 2.24) is 0 Å². The lowest BCUT2D eigenvalue weighted by Gasteiger charge is -2.20. The van der Waals surface area contributed by atoms with Gasteiger partial charge in [0.2, 0.25) is 0 Å². The molecule has 0 atom stereocenters. The predicted octanol–water partition coefficient (Wildman–Crippen LogP) is 4.15. The monoisotopic (exact) mass is 347 g/mol. The molecule has 5 nitrogen and oxygen atoms in total. The minimum atomic E-state index is -0.260. The molecular weight excluding hydrogens is 330 g/mol. The lowest BCUT2D eigenvalue weighted by atomic mass is 10.2. The highest BCUT2D eigenvalue weighted by Crippen LogP contribution is 2.38. The second kappa shape index (κ2) is 7.01. The molecule has 2 aromatic carbocycles. The SMILES string of the molecule is CC(C)Oc1ccc(C(=O)Nc2cc3c(cc2Cl)OCCO3)cc1. The molecule has 0 saturated heterocycles. The standard InChI is InChI=1S/C18H18ClNO4/c1-11(2)24-13-5-3-12(4-6-13)18(21)20-15-10-17-16(9-14(15)19)22-7-8-23-17/h3-6,9-11H,7-8H2,1-2H3,(H,20,21). The van der Waals surface area contributed by atoms with Crippen LogP contribution in [0.3, 0.4) is 0 Å². The van der Waals surface area contributed by atoms with Crippen LogP contribution in [0, 0.1) is 0 Å². The first-order valence-electron chi connectivity index (χ1n) is 7.70. The molecule has 0 bridgehead atoms. The highest BCUT2D eigenvalue weighted by atomic mass is 35.5. The van der Waals surface area contributed by atoms with E-state index in [1.54, 1.807) is 36.4 Å². The number of carbonyl (C=O) groups is 1. The Morgan fingerprint density at radius 1 is 1.12 bits per heavy atom. The molecule has 0 saturated carbocycles. The van der Waals surface area contributed by atoms with Crippen LogP contribution in [0.1, 0.15) is 24.2 Å². The van der Waals surface area contributed by atoms with Gasteiger partial charge in [-0.25, -0.2) is 0 Å². The smallest absolute Gasteiger partial charge is 0.255 e. The van der Waals surface area contributed by atoms with Crippen LogP contribution in [0.5, 0.6) is 17.2 Å². The van der Waals surface area contributed by atoms with E-state index in [2.05, 4.69) is 5.32 Å². The molecule has 1 aliphatic rings. The summed E-state index contributed by atoms with van der Waals surface area (Å²) in [6.45, 7) is 4.86. The van der Waals surface area contributed by atoms with Gasteiger partial charge in [0.05, 0.1) is 16.8 Å². The summed E-state index contributed by atoms with van der Waals surface area (Å²) in [4.78, 5) is 12.4. The van der Waals surface area contributed by atoms with Crippen LogP contribution < -0.4 is 19.5 Å². The molecular formula is C18H18ClNO4. The molecule has 24 heavy (non-hydrogen) atoms. The average molecular weight is 348 g/mol. The van der Waals surface area contributed by atoms with E-state index < -0.39 is 0 Å². The number of carbonyl (C=O) groups excluding carboxylic acids is 1. The van der Waals surface area contributed by atoms with Crippen LogP contribution in [0.2, 0.25) is 5.02 Å². The number of amides is 1. The molecule has 0 spiro atoms. The zero-order chi connectivity index (χ0) is 17.1. The topological polar surface area (TPSA) is 56.8 Å². The first-order valence-corrected chi connectivity index (χ1v) is 8.08. The minimum Gasteiger partial charge on any atom is -0.491 e. The molecule has 0 fully saturated rings. The molecule has 2 aromatic rings. The molecule has 1 amide bonds. The van der Waals surface area contributed by atoms with Crippen molar-refractivity contribution in [2.45, 2.75) is 20.0 Å². The van der Waals surface area contributed by atoms with Crippen molar-refractivity contribution >= 4 is 23.2 Å². The Bertz CT molecular complexity index is 743. The number of fused-ring (bicyclic) bond motifs is 1. The Labute approximate surface area is 145 Å². The highest BCUT2D eigenvalue weighted by molar-refractivity contribution is 6.34. The van der Waals surface area contributed by atoms with Gasteiger partial charge in [0.1, 0.15) is 19.0 Å². The summed E-state index contributed by atoms with van der Waals surface area (Å²) in [5, 5.41) is 3.19.